The number of carboxylic acid groups (broad SMARTS) is 2. The van der Waals surface area contributed by atoms with Crippen LogP contribution in [0.25, 0.3) is 0 Å². The topological polar surface area (TPSA) is 182 Å². The van der Waals surface area contributed by atoms with E-state index in [2.05, 4.69) is 18.0 Å². The Balaban J connectivity index is 4.98. The Morgan fingerprint density at radius 2 is 0.774 bits per heavy atom. The fourth-order valence-corrected chi connectivity index (χ4v) is 7.31. The van der Waals surface area contributed by atoms with Crippen molar-refractivity contribution in [3.05, 3.63) is 0 Å². The highest BCUT2D eigenvalue weighted by molar-refractivity contribution is 7.81. The molecule has 0 heterocycles. The Labute approximate surface area is 322 Å². The lowest BCUT2D eigenvalue weighted by Crippen LogP contribution is -2.45. The van der Waals surface area contributed by atoms with Crippen LogP contribution in [-0.2, 0) is 37.9 Å². The molecule has 0 saturated carbocycles. The maximum Gasteiger partial charge on any atom is 0.399 e. The summed E-state index contributed by atoms with van der Waals surface area (Å²) in [6.07, 6.45) is 26.9. The summed E-state index contributed by atoms with van der Waals surface area (Å²) in [6.45, 7) is 3.35. The highest BCUT2D eigenvalue weighted by atomic mass is 32.3. The molecule has 0 aromatic rings. The third-order valence-electron chi connectivity index (χ3n) is 10.3. The summed E-state index contributed by atoms with van der Waals surface area (Å²) in [7, 11) is -3.78. The second kappa shape index (κ2) is 32.4. The largest absolute Gasteiger partial charge is 0.481 e. The Morgan fingerprint density at radius 3 is 1.02 bits per heavy atom. The number of hydrogen-bond acceptors (Lipinski definition) is 9. The predicted molar refractivity (Wildman–Crippen MR) is 209 cm³/mol. The summed E-state index contributed by atoms with van der Waals surface area (Å²) in [5.74, 6) is -7.84. The van der Waals surface area contributed by atoms with Gasteiger partial charge in [0.25, 0.3) is 0 Å². The average Bonchev–Trinajstić information content (AvgIpc) is 3.12. The number of aliphatic carboxylic acids is 2. The zero-order valence-electron chi connectivity index (χ0n) is 33.6. The van der Waals surface area contributed by atoms with E-state index in [1.54, 1.807) is 0 Å². The van der Waals surface area contributed by atoms with Gasteiger partial charge in [-0.2, -0.15) is 8.42 Å². The van der Waals surface area contributed by atoms with Crippen molar-refractivity contribution in [1.29, 1.82) is 0 Å². The highest BCUT2D eigenvalue weighted by Crippen LogP contribution is 2.30. The SMILES string of the molecule is CCCCCCCCCCCCCCCC(=O)C(CC(O)(COS(=O)(=O)OC)CC(C(=O)O)C(=O)CCCCCCCCCCCCCCC)C(=O)O. The van der Waals surface area contributed by atoms with Crippen LogP contribution in [-0.4, -0.2) is 66.6 Å². The van der Waals surface area contributed by atoms with Crippen LogP contribution in [0.1, 0.15) is 206 Å². The van der Waals surface area contributed by atoms with Gasteiger partial charge in [0, 0.05) is 12.8 Å². The van der Waals surface area contributed by atoms with Crippen molar-refractivity contribution in [2.45, 2.75) is 212 Å². The quantitative estimate of drug-likeness (QED) is 0.0398. The van der Waals surface area contributed by atoms with E-state index in [0.717, 1.165) is 58.5 Å². The van der Waals surface area contributed by atoms with Gasteiger partial charge in [-0.3, -0.25) is 23.4 Å². The molecule has 0 rings (SSSR count). The first-order valence-electron chi connectivity index (χ1n) is 21.0. The number of aliphatic hydroxyl groups is 1. The fourth-order valence-electron chi connectivity index (χ4n) is 6.85. The molecule has 2 atom stereocenters. The van der Waals surface area contributed by atoms with Crippen molar-refractivity contribution >= 4 is 33.9 Å². The van der Waals surface area contributed by atoms with Gasteiger partial charge in [0.2, 0.25) is 0 Å². The first-order chi connectivity index (χ1) is 25.3. The number of hydrogen-bond donors (Lipinski definition) is 3. The van der Waals surface area contributed by atoms with Gasteiger partial charge in [0.1, 0.15) is 23.4 Å². The summed E-state index contributed by atoms with van der Waals surface area (Å²) in [4.78, 5) is 50.6. The summed E-state index contributed by atoms with van der Waals surface area (Å²) in [6, 6.07) is 0. The maximum absolute atomic E-state index is 13.1. The van der Waals surface area contributed by atoms with E-state index in [0.29, 0.717) is 12.8 Å². The minimum atomic E-state index is -4.60. The lowest BCUT2D eigenvalue weighted by Gasteiger charge is -2.31. The molecule has 12 heteroatoms. The molecule has 0 aliphatic carbocycles. The van der Waals surface area contributed by atoms with Crippen molar-refractivity contribution in [1.82, 2.24) is 0 Å². The summed E-state index contributed by atoms with van der Waals surface area (Å²) in [5.41, 5.74) is -2.44. The monoisotopic (exact) mass is 777 g/mol. The van der Waals surface area contributed by atoms with Crippen LogP contribution in [0.15, 0.2) is 0 Å². The molecule has 0 aliphatic rings. The van der Waals surface area contributed by atoms with Crippen molar-refractivity contribution in [2.75, 3.05) is 13.7 Å². The molecule has 0 aromatic carbocycles. The number of carbonyl (C=O) groups is 4. The van der Waals surface area contributed by atoms with Crippen molar-refractivity contribution in [3.8, 4) is 0 Å². The molecule has 11 nitrogen and oxygen atoms in total. The Bertz CT molecular complexity index is 1010. The van der Waals surface area contributed by atoms with Crippen molar-refractivity contribution in [2.24, 2.45) is 11.8 Å². The van der Waals surface area contributed by atoms with Crippen molar-refractivity contribution < 1.29 is 51.3 Å². The van der Waals surface area contributed by atoms with Gasteiger partial charge in [0.05, 0.1) is 19.3 Å². The number of ketones is 2. The van der Waals surface area contributed by atoms with Crippen LogP contribution >= 0.6 is 0 Å². The van der Waals surface area contributed by atoms with Gasteiger partial charge in [0.15, 0.2) is 0 Å². The van der Waals surface area contributed by atoms with Gasteiger partial charge in [-0.25, -0.2) is 4.18 Å². The molecule has 0 aromatic heterocycles. The molecule has 0 radical (unpaired) electrons. The van der Waals surface area contributed by atoms with Gasteiger partial charge in [-0.15, -0.1) is 0 Å². The first-order valence-corrected chi connectivity index (χ1v) is 22.3. The van der Waals surface area contributed by atoms with Crippen LogP contribution in [0.2, 0.25) is 0 Å². The molecule has 0 bridgehead atoms. The number of carbonyl (C=O) groups excluding carboxylic acids is 2. The molecule has 0 amide bonds. The molecule has 3 N–H and O–H groups in total. The van der Waals surface area contributed by atoms with Crippen molar-refractivity contribution in [3.63, 3.8) is 0 Å². The Kier molecular flexibility index (Phi) is 31.2. The van der Waals surface area contributed by atoms with Gasteiger partial charge >= 0.3 is 22.3 Å². The second-order valence-electron chi connectivity index (χ2n) is 15.2. The minimum Gasteiger partial charge on any atom is -0.481 e. The molecule has 312 valence electrons. The molecule has 2 unspecified atom stereocenters. The van der Waals surface area contributed by atoms with E-state index >= 15 is 0 Å². The maximum atomic E-state index is 13.1. The fraction of sp³-hybridized carbons (Fsp3) is 0.902. The lowest BCUT2D eigenvalue weighted by atomic mass is 9.79. The standard InChI is InChI=1S/C41H76O11S/c1-4-6-8-10-12-14-16-18-20-22-24-26-28-30-37(42)35(39(44)45)32-41(48,34-52-53(49,50)51-3)33-36(40(46)47)38(43)31-29-27-25-23-21-19-17-15-13-11-9-7-5-2/h35-36,48H,4-34H2,1-3H3,(H,44,45)(H,46,47). The highest BCUT2D eigenvalue weighted by Gasteiger charge is 2.43. The van der Waals surface area contributed by atoms with E-state index < -0.39 is 70.8 Å². The van der Waals surface area contributed by atoms with Crippen LogP contribution < -0.4 is 0 Å². The molecule has 0 aliphatic heterocycles. The van der Waals surface area contributed by atoms with E-state index in [-0.39, 0.29) is 12.8 Å². The molecule has 0 spiro atoms. The predicted octanol–water partition coefficient (Wildman–Crippen LogP) is 9.91. The zero-order valence-corrected chi connectivity index (χ0v) is 34.4. The summed E-state index contributed by atoms with van der Waals surface area (Å²) >= 11 is 0. The van der Waals surface area contributed by atoms with E-state index in [1.807, 2.05) is 0 Å². The van der Waals surface area contributed by atoms with E-state index in [4.69, 9.17) is 4.18 Å². The third kappa shape index (κ3) is 28.2. The average molecular weight is 777 g/mol. The number of unbranched alkanes of at least 4 members (excludes halogenated alkanes) is 24. The zero-order chi connectivity index (χ0) is 39.8. The van der Waals surface area contributed by atoms with Crippen LogP contribution in [0.4, 0.5) is 0 Å². The summed E-state index contributed by atoms with van der Waals surface area (Å²) < 4.78 is 32.8. The number of rotatable bonds is 40. The van der Waals surface area contributed by atoms with Gasteiger partial charge in [-0.1, -0.05) is 168 Å². The van der Waals surface area contributed by atoms with Gasteiger partial charge < -0.3 is 15.3 Å². The first kappa shape index (κ1) is 51.1. The third-order valence-corrected chi connectivity index (χ3v) is 11.1. The number of Topliss-reactive ketones (excluding diaryl/α,β-unsaturated/α-hetero) is 2. The summed E-state index contributed by atoms with van der Waals surface area (Å²) in [5, 5.41) is 31.3. The molecular weight excluding hydrogens is 701 g/mol. The normalized spacial score (nSPS) is 14.1. The Morgan fingerprint density at radius 1 is 0.509 bits per heavy atom. The number of carboxylic acids is 2. The molecule has 0 fully saturated rings. The smallest absolute Gasteiger partial charge is 0.399 e. The lowest BCUT2D eigenvalue weighted by molar-refractivity contribution is -0.153. The molecule has 0 saturated heterocycles. The second-order valence-corrected chi connectivity index (χ2v) is 16.6. The van der Waals surface area contributed by atoms with Crippen LogP contribution in [0, 0.1) is 11.8 Å². The van der Waals surface area contributed by atoms with E-state index in [9.17, 15) is 42.9 Å². The molecular formula is C41H76O11S. The molecule has 53 heavy (non-hydrogen) atoms. The van der Waals surface area contributed by atoms with Crippen LogP contribution in [0.5, 0.6) is 0 Å². The van der Waals surface area contributed by atoms with E-state index in [1.165, 1.54) is 103 Å². The Hall–Kier alpha value is -1.89. The van der Waals surface area contributed by atoms with Gasteiger partial charge in [-0.05, 0) is 25.7 Å². The minimum absolute atomic E-state index is 0.0532. The van der Waals surface area contributed by atoms with Crippen LogP contribution in [0.3, 0.4) is 0 Å².